The first-order valence-electron chi connectivity index (χ1n) is 3.19. The van der Waals surface area contributed by atoms with Crippen molar-refractivity contribution in [1.29, 1.82) is 0 Å². The van der Waals surface area contributed by atoms with Gasteiger partial charge in [-0.15, -0.1) is 0 Å². The van der Waals surface area contributed by atoms with E-state index in [4.69, 9.17) is 0 Å². The van der Waals surface area contributed by atoms with E-state index in [0.717, 1.165) is 0 Å². The number of carbonyl (C=O) groups excluding carboxylic acids is 1. The Hall–Kier alpha value is -0.510. The fourth-order valence-corrected chi connectivity index (χ4v) is 0.583. The summed E-state index contributed by atoms with van der Waals surface area (Å²) in [5.74, 6) is 0.0524. The van der Waals surface area contributed by atoms with Crippen LogP contribution in [0, 0.1) is 0 Å². The summed E-state index contributed by atoms with van der Waals surface area (Å²) in [7, 11) is 0. The molecule has 0 aliphatic carbocycles. The van der Waals surface area contributed by atoms with Crippen LogP contribution in [0.3, 0.4) is 0 Å². The van der Waals surface area contributed by atoms with Gasteiger partial charge in [0.05, 0.1) is 0 Å². The molecule has 0 fully saturated rings. The van der Waals surface area contributed by atoms with Crippen LogP contribution in [0.5, 0.6) is 5.75 Å². The van der Waals surface area contributed by atoms with Gasteiger partial charge in [-0.25, -0.2) is 4.79 Å². The van der Waals surface area contributed by atoms with E-state index in [1.165, 1.54) is 6.92 Å². The van der Waals surface area contributed by atoms with Gasteiger partial charge in [0.15, 0.2) is 5.75 Å². The number of rotatable bonds is 2. The Morgan fingerprint density at radius 1 is 1.25 bits per heavy atom. The van der Waals surface area contributed by atoms with Crippen molar-refractivity contribution in [2.24, 2.45) is 0 Å². The van der Waals surface area contributed by atoms with Gasteiger partial charge in [0, 0.05) is 36.5 Å². The monoisotopic (exact) mass is 175 g/mol. The first-order valence-corrected chi connectivity index (χ1v) is 3.19. The van der Waals surface area contributed by atoms with E-state index < -0.39 is 5.97 Å². The van der Waals surface area contributed by atoms with Crippen LogP contribution in [0.2, 0.25) is 0 Å². The summed E-state index contributed by atoms with van der Waals surface area (Å²) in [6, 6.07) is 8.82. The van der Waals surface area contributed by atoms with E-state index in [1.54, 1.807) is 24.3 Å². The quantitative estimate of drug-likeness (QED) is 0.384. The predicted octanol–water partition coefficient (Wildman–Crippen LogP) is 1.16. The Balaban J connectivity index is 0.00000121. The molecule has 1 aromatic rings. The molecule has 0 heterocycles. The summed E-state index contributed by atoms with van der Waals surface area (Å²) in [4.78, 5) is 19.2. The third-order valence-electron chi connectivity index (χ3n) is 0.998. The van der Waals surface area contributed by atoms with Gasteiger partial charge in [0.25, 0.3) is 0 Å². The van der Waals surface area contributed by atoms with Crippen molar-refractivity contribution in [3.63, 3.8) is 0 Å². The fraction of sp³-hybridized carbons (Fsp3) is 0.125. The Bertz CT molecular complexity index is 235. The molecule has 1 rings (SSSR count). The zero-order chi connectivity index (χ0) is 8.10. The van der Waals surface area contributed by atoms with Gasteiger partial charge in [-0.3, -0.25) is 9.78 Å². The maximum Gasteiger partial charge on any atom is 0.352 e. The van der Waals surface area contributed by atoms with Gasteiger partial charge in [-0.2, -0.15) is 0 Å². The van der Waals surface area contributed by atoms with Crippen molar-refractivity contribution >= 4 is 35.5 Å². The first-order chi connectivity index (χ1) is 5.29. The van der Waals surface area contributed by atoms with Crippen molar-refractivity contribution in [3.05, 3.63) is 30.3 Å². The van der Waals surface area contributed by atoms with Crippen molar-refractivity contribution in [2.75, 3.05) is 0 Å². The number of hydrogen-bond acceptors (Lipinski definition) is 3. The zero-order valence-electron chi connectivity index (χ0n) is 7.11. The van der Waals surface area contributed by atoms with Crippen molar-refractivity contribution in [3.8, 4) is 5.75 Å². The third-order valence-corrected chi connectivity index (χ3v) is 0.998. The molecule has 4 heteroatoms. The molecular weight excluding hydrogens is 167 g/mol. The summed E-state index contributed by atoms with van der Waals surface area (Å²) in [6.45, 7) is 1.28. The molecule has 0 saturated heterocycles. The van der Waals surface area contributed by atoms with Crippen LogP contribution in [-0.2, 0) is 9.68 Å². The fourth-order valence-electron chi connectivity index (χ4n) is 0.583. The van der Waals surface area contributed by atoms with E-state index in [0.29, 0.717) is 5.75 Å². The summed E-state index contributed by atoms with van der Waals surface area (Å²) in [6.07, 6.45) is 0. The van der Waals surface area contributed by atoms with Crippen molar-refractivity contribution in [1.82, 2.24) is 0 Å². The Morgan fingerprint density at radius 3 is 2.33 bits per heavy atom. The molecule has 0 aliphatic heterocycles. The van der Waals surface area contributed by atoms with Crippen molar-refractivity contribution in [2.45, 2.75) is 6.92 Å². The van der Waals surface area contributed by atoms with Gasteiger partial charge in [0.1, 0.15) is 0 Å². The van der Waals surface area contributed by atoms with Crippen LogP contribution in [0.25, 0.3) is 0 Å². The first kappa shape index (κ1) is 11.5. The Kier molecular flexibility index (Phi) is 5.80. The minimum Gasteiger partial charge on any atom is -0.287 e. The minimum atomic E-state index is -0.464. The maximum absolute atomic E-state index is 10.3. The molecule has 1 radical (unpaired) electrons. The largest absolute Gasteiger partial charge is 0.352 e. The van der Waals surface area contributed by atoms with E-state index in [1.807, 2.05) is 6.07 Å². The maximum atomic E-state index is 10.3. The van der Waals surface area contributed by atoms with Crippen LogP contribution in [0.4, 0.5) is 0 Å². The van der Waals surface area contributed by atoms with Crippen LogP contribution >= 0.6 is 0 Å². The molecule has 0 saturated carbocycles. The van der Waals surface area contributed by atoms with Crippen LogP contribution in [0.1, 0.15) is 6.92 Å². The Morgan fingerprint density at radius 2 is 1.83 bits per heavy atom. The van der Waals surface area contributed by atoms with Gasteiger partial charge in [-0.1, -0.05) is 18.2 Å². The van der Waals surface area contributed by atoms with Crippen LogP contribution in [0.15, 0.2) is 30.3 Å². The number of benzene rings is 1. The molecule has 3 nitrogen and oxygen atoms in total. The van der Waals surface area contributed by atoms with E-state index in [2.05, 4.69) is 9.78 Å². The number of para-hydroxylation sites is 1. The average Bonchev–Trinajstić information content (AvgIpc) is 2.03. The zero-order valence-corrected chi connectivity index (χ0v) is 9.11. The molecule has 0 N–H and O–H groups in total. The topological polar surface area (TPSA) is 35.5 Å². The number of carbonyl (C=O) groups is 1. The third kappa shape index (κ3) is 4.38. The molecule has 0 aromatic heterocycles. The molecular formula is C8H8NaO3. The summed E-state index contributed by atoms with van der Waals surface area (Å²) in [5.41, 5.74) is 0. The van der Waals surface area contributed by atoms with Crippen LogP contribution in [-0.4, -0.2) is 35.5 Å². The standard InChI is InChI=1S/C8H8O3.Na/c1-7(9)10-11-8-5-3-2-4-6-8;/h2-6H,1H3;. The van der Waals surface area contributed by atoms with Gasteiger partial charge >= 0.3 is 5.97 Å². The predicted molar refractivity (Wildman–Crippen MR) is 44.6 cm³/mol. The normalized spacial score (nSPS) is 8.08. The molecule has 0 spiro atoms. The average molecular weight is 175 g/mol. The summed E-state index contributed by atoms with van der Waals surface area (Å²) >= 11 is 0. The molecule has 0 unspecified atom stereocenters. The minimum absolute atomic E-state index is 0. The molecule has 0 atom stereocenters. The molecule has 59 valence electrons. The van der Waals surface area contributed by atoms with Gasteiger partial charge < -0.3 is 0 Å². The molecule has 1 aromatic carbocycles. The molecule has 12 heavy (non-hydrogen) atoms. The van der Waals surface area contributed by atoms with Gasteiger partial charge in [-0.05, 0) is 12.1 Å². The molecule has 0 aliphatic rings. The van der Waals surface area contributed by atoms with Crippen LogP contribution < -0.4 is 4.89 Å². The SMILES string of the molecule is CC(=O)OOc1ccccc1.[Na]. The molecule has 0 bridgehead atoms. The Labute approximate surface area is 92.9 Å². The van der Waals surface area contributed by atoms with E-state index >= 15 is 0 Å². The van der Waals surface area contributed by atoms with E-state index in [-0.39, 0.29) is 29.6 Å². The number of hydrogen-bond donors (Lipinski definition) is 0. The second-order valence-corrected chi connectivity index (χ2v) is 1.97. The van der Waals surface area contributed by atoms with E-state index in [9.17, 15) is 4.79 Å². The van der Waals surface area contributed by atoms with Gasteiger partial charge in [0.2, 0.25) is 0 Å². The second kappa shape index (κ2) is 6.06. The second-order valence-electron chi connectivity index (χ2n) is 1.97. The molecule has 0 amide bonds. The summed E-state index contributed by atoms with van der Waals surface area (Å²) < 4.78 is 0. The summed E-state index contributed by atoms with van der Waals surface area (Å²) in [5, 5.41) is 0. The van der Waals surface area contributed by atoms with Crippen molar-refractivity contribution < 1.29 is 14.6 Å². The smallest absolute Gasteiger partial charge is 0.287 e.